The molecule has 1 aliphatic rings. The number of esters is 1. The summed E-state index contributed by atoms with van der Waals surface area (Å²) >= 11 is 7.32. The number of rotatable bonds is 5. The summed E-state index contributed by atoms with van der Waals surface area (Å²) in [6, 6.07) is 5.53. The zero-order valence-electron chi connectivity index (χ0n) is 13.6. The van der Waals surface area contributed by atoms with Gasteiger partial charge in [-0.3, -0.25) is 14.9 Å². The van der Waals surface area contributed by atoms with E-state index >= 15 is 0 Å². The number of nitrogens with zero attached hydrogens (tertiary/aromatic N) is 1. The van der Waals surface area contributed by atoms with Crippen LogP contribution < -0.4 is 5.32 Å². The number of thiophene rings is 1. The lowest BCUT2D eigenvalue weighted by molar-refractivity contribution is -0.384. The number of halogens is 1. The predicted molar refractivity (Wildman–Crippen MR) is 98.0 cm³/mol. The van der Waals surface area contributed by atoms with Crippen molar-refractivity contribution in [2.24, 2.45) is 0 Å². The molecule has 0 aliphatic heterocycles. The molecule has 9 heteroatoms. The van der Waals surface area contributed by atoms with Gasteiger partial charge in [-0.2, -0.15) is 0 Å². The number of nitrogens with one attached hydrogen (secondary N) is 1. The first-order valence-electron chi connectivity index (χ1n) is 7.96. The summed E-state index contributed by atoms with van der Waals surface area (Å²) in [5.74, 6) is -1.17. The van der Waals surface area contributed by atoms with Gasteiger partial charge in [-0.1, -0.05) is 11.6 Å². The third kappa shape index (κ3) is 4.20. The average molecular weight is 395 g/mol. The summed E-state index contributed by atoms with van der Waals surface area (Å²) < 4.78 is 5.04. The fourth-order valence-corrected chi connectivity index (χ4v) is 4.01. The van der Waals surface area contributed by atoms with Gasteiger partial charge in [0.1, 0.15) is 4.88 Å². The number of nitro benzene ring substituents is 1. The zero-order valence-corrected chi connectivity index (χ0v) is 15.2. The number of aryl methyl sites for hydroxylation is 2. The van der Waals surface area contributed by atoms with Crippen LogP contribution in [-0.2, 0) is 22.4 Å². The Hall–Kier alpha value is -2.45. The molecule has 1 aromatic carbocycles. The quantitative estimate of drug-likeness (QED) is 0.469. The van der Waals surface area contributed by atoms with E-state index in [-0.39, 0.29) is 16.4 Å². The number of fused-ring (bicyclic) bond motifs is 1. The maximum absolute atomic E-state index is 12.1. The Labute approximate surface area is 158 Å². The van der Waals surface area contributed by atoms with E-state index in [0.29, 0.717) is 4.88 Å². The summed E-state index contributed by atoms with van der Waals surface area (Å²) in [7, 11) is 0. The molecule has 0 fully saturated rings. The first-order chi connectivity index (χ1) is 12.4. The van der Waals surface area contributed by atoms with Crippen LogP contribution in [0.2, 0.25) is 5.02 Å². The largest absolute Gasteiger partial charge is 0.451 e. The minimum absolute atomic E-state index is 0.0912. The molecular weight excluding hydrogens is 380 g/mol. The summed E-state index contributed by atoms with van der Waals surface area (Å²) in [6.45, 7) is -0.500. The molecule has 1 aromatic heterocycles. The number of carbonyl (C=O) groups is 2. The molecule has 0 spiro atoms. The van der Waals surface area contributed by atoms with Crippen molar-refractivity contribution in [3.05, 3.63) is 54.7 Å². The molecule has 0 atom stereocenters. The monoisotopic (exact) mass is 394 g/mol. The van der Waals surface area contributed by atoms with E-state index in [2.05, 4.69) is 5.32 Å². The van der Waals surface area contributed by atoms with E-state index in [1.165, 1.54) is 33.9 Å². The van der Waals surface area contributed by atoms with E-state index < -0.39 is 23.4 Å². The lowest BCUT2D eigenvalue weighted by Crippen LogP contribution is -2.20. The Morgan fingerprint density at radius 1 is 1.27 bits per heavy atom. The molecule has 1 aliphatic carbocycles. The first-order valence-corrected chi connectivity index (χ1v) is 9.16. The normalized spacial score (nSPS) is 13.0. The third-order valence-electron chi connectivity index (χ3n) is 3.97. The van der Waals surface area contributed by atoms with Crippen LogP contribution in [0.1, 0.15) is 33.0 Å². The molecule has 0 bridgehead atoms. The number of carbonyl (C=O) groups excluding carboxylic acids is 2. The molecule has 0 unspecified atom stereocenters. The minimum Gasteiger partial charge on any atom is -0.451 e. The highest BCUT2D eigenvalue weighted by Gasteiger charge is 2.19. The van der Waals surface area contributed by atoms with Crippen molar-refractivity contribution < 1.29 is 19.2 Å². The third-order valence-corrected chi connectivity index (χ3v) is 5.51. The molecule has 1 N–H and O–H groups in total. The van der Waals surface area contributed by atoms with E-state index in [1.807, 2.05) is 6.07 Å². The Balaban J connectivity index is 1.59. The highest BCUT2D eigenvalue weighted by Crippen LogP contribution is 2.30. The standard InChI is InChI=1S/C17H15ClN2O5S/c18-12-6-5-11(20(23)24)8-13(12)19-16(21)9-25-17(22)15-7-10-3-1-2-4-14(10)26-15/h5-8H,1-4,9H2,(H,19,21). The van der Waals surface area contributed by atoms with Gasteiger partial charge in [-0.05, 0) is 43.4 Å². The van der Waals surface area contributed by atoms with Gasteiger partial charge < -0.3 is 10.1 Å². The molecule has 26 heavy (non-hydrogen) atoms. The first kappa shape index (κ1) is 18.3. The van der Waals surface area contributed by atoms with Crippen molar-refractivity contribution in [3.63, 3.8) is 0 Å². The van der Waals surface area contributed by atoms with Crippen LogP contribution in [0, 0.1) is 10.1 Å². The van der Waals surface area contributed by atoms with Gasteiger partial charge in [0.15, 0.2) is 6.61 Å². The van der Waals surface area contributed by atoms with Crippen molar-refractivity contribution >= 4 is 46.2 Å². The van der Waals surface area contributed by atoms with Crippen molar-refractivity contribution in [2.45, 2.75) is 25.7 Å². The number of nitro groups is 1. The van der Waals surface area contributed by atoms with Gasteiger partial charge in [0.2, 0.25) is 0 Å². The number of anilines is 1. The molecule has 7 nitrogen and oxygen atoms in total. The highest BCUT2D eigenvalue weighted by atomic mass is 35.5. The molecule has 2 aromatic rings. The van der Waals surface area contributed by atoms with Crippen molar-refractivity contribution in [1.82, 2.24) is 0 Å². The van der Waals surface area contributed by atoms with E-state index in [9.17, 15) is 19.7 Å². The van der Waals surface area contributed by atoms with Gasteiger partial charge in [0.05, 0.1) is 15.6 Å². The molecule has 1 heterocycles. The van der Waals surface area contributed by atoms with Gasteiger partial charge in [0.25, 0.3) is 11.6 Å². The Morgan fingerprint density at radius 3 is 2.77 bits per heavy atom. The molecule has 0 saturated carbocycles. The second-order valence-corrected chi connectivity index (χ2v) is 7.36. The number of amides is 1. The number of hydrogen-bond acceptors (Lipinski definition) is 6. The van der Waals surface area contributed by atoms with Gasteiger partial charge in [-0.25, -0.2) is 4.79 Å². The van der Waals surface area contributed by atoms with Gasteiger partial charge in [0, 0.05) is 17.0 Å². The predicted octanol–water partition coefficient (Wildman–Crippen LogP) is 3.98. The topological polar surface area (TPSA) is 98.5 Å². The van der Waals surface area contributed by atoms with Crippen LogP contribution in [-0.4, -0.2) is 23.4 Å². The second-order valence-electron chi connectivity index (χ2n) is 5.81. The molecule has 3 rings (SSSR count). The Kier molecular flexibility index (Phi) is 5.53. The number of benzene rings is 1. The van der Waals surface area contributed by atoms with Crippen LogP contribution in [0.25, 0.3) is 0 Å². The smallest absolute Gasteiger partial charge is 0.348 e. The summed E-state index contributed by atoms with van der Waals surface area (Å²) in [5.41, 5.74) is 1.07. The van der Waals surface area contributed by atoms with E-state index in [1.54, 1.807) is 0 Å². The minimum atomic E-state index is -0.623. The van der Waals surface area contributed by atoms with Crippen LogP contribution in [0.15, 0.2) is 24.3 Å². The van der Waals surface area contributed by atoms with E-state index in [0.717, 1.165) is 31.7 Å². The number of non-ortho nitro benzene ring substituents is 1. The number of ether oxygens (including phenoxy) is 1. The van der Waals surface area contributed by atoms with Gasteiger partial charge in [-0.15, -0.1) is 11.3 Å². The van der Waals surface area contributed by atoms with Crippen molar-refractivity contribution in [1.29, 1.82) is 0 Å². The van der Waals surface area contributed by atoms with Crippen LogP contribution in [0.4, 0.5) is 11.4 Å². The van der Waals surface area contributed by atoms with Crippen molar-refractivity contribution in [2.75, 3.05) is 11.9 Å². The summed E-state index contributed by atoms with van der Waals surface area (Å²) in [6.07, 6.45) is 4.17. The lowest BCUT2D eigenvalue weighted by atomic mass is 9.99. The Bertz CT molecular complexity index is 857. The van der Waals surface area contributed by atoms with Crippen LogP contribution in [0.5, 0.6) is 0 Å². The fraction of sp³-hybridized carbons (Fsp3) is 0.294. The molecule has 136 valence electrons. The zero-order chi connectivity index (χ0) is 18.7. The summed E-state index contributed by atoms with van der Waals surface area (Å²) in [4.78, 5) is 36.0. The van der Waals surface area contributed by atoms with Crippen molar-refractivity contribution in [3.8, 4) is 0 Å². The Morgan fingerprint density at radius 2 is 2.04 bits per heavy atom. The molecule has 0 saturated heterocycles. The van der Waals surface area contributed by atoms with E-state index in [4.69, 9.17) is 16.3 Å². The number of hydrogen-bond donors (Lipinski definition) is 1. The average Bonchev–Trinajstić information content (AvgIpc) is 3.05. The van der Waals surface area contributed by atoms with Crippen LogP contribution >= 0.6 is 22.9 Å². The SMILES string of the molecule is O=C(COC(=O)c1cc2c(s1)CCCC2)Nc1cc([N+](=O)[O-])ccc1Cl. The lowest BCUT2D eigenvalue weighted by Gasteiger charge is -2.08. The highest BCUT2D eigenvalue weighted by molar-refractivity contribution is 7.14. The fourth-order valence-electron chi connectivity index (χ4n) is 2.70. The molecular formula is C17H15ClN2O5S. The maximum atomic E-state index is 12.1. The molecule has 1 amide bonds. The van der Waals surface area contributed by atoms with Crippen LogP contribution in [0.3, 0.4) is 0 Å². The van der Waals surface area contributed by atoms with Gasteiger partial charge >= 0.3 is 5.97 Å². The maximum Gasteiger partial charge on any atom is 0.348 e. The second kappa shape index (κ2) is 7.84. The summed E-state index contributed by atoms with van der Waals surface area (Å²) in [5, 5.41) is 13.4. The molecule has 0 radical (unpaired) electrons.